The molecule has 1 aliphatic heterocycles. The Balaban J connectivity index is 1.61. The van der Waals surface area contributed by atoms with Crippen LogP contribution in [0, 0.1) is 0 Å². The Morgan fingerprint density at radius 3 is 2.92 bits per heavy atom. The predicted molar refractivity (Wildman–Crippen MR) is 96.8 cm³/mol. The van der Waals surface area contributed by atoms with E-state index in [9.17, 15) is 13.2 Å². The fourth-order valence-electron chi connectivity index (χ4n) is 3.01. The Morgan fingerprint density at radius 2 is 2.23 bits per heavy atom. The summed E-state index contributed by atoms with van der Waals surface area (Å²) in [5.74, 6) is 0.00293. The van der Waals surface area contributed by atoms with Crippen LogP contribution in [0.25, 0.3) is 0 Å². The molecule has 0 bridgehead atoms. The number of hydrogen-bond donors (Lipinski definition) is 2. The molecule has 1 fully saturated rings. The van der Waals surface area contributed by atoms with Gasteiger partial charge in [0.25, 0.3) is 0 Å². The second-order valence-corrected chi connectivity index (χ2v) is 8.18. The topological polar surface area (TPSA) is 123 Å². The van der Waals surface area contributed by atoms with Gasteiger partial charge in [-0.15, -0.1) is 5.10 Å². The summed E-state index contributed by atoms with van der Waals surface area (Å²) in [5, 5.41) is 8.06. The summed E-state index contributed by atoms with van der Waals surface area (Å²) in [7, 11) is -3.35. The van der Waals surface area contributed by atoms with Crippen LogP contribution in [0.2, 0.25) is 0 Å². The molecule has 1 aromatic heterocycles. The lowest BCUT2D eigenvalue weighted by Crippen LogP contribution is -2.30. The first-order valence-electron chi connectivity index (χ1n) is 8.29. The molecule has 2 aromatic rings. The molecule has 140 valence electrons. The molecule has 0 spiro atoms. The van der Waals surface area contributed by atoms with E-state index in [1.54, 1.807) is 27.8 Å². The Morgan fingerprint density at radius 1 is 1.42 bits per heavy atom. The number of nitrogens with zero attached hydrogens (tertiary/aromatic N) is 4. The molecule has 3 N–H and O–H groups in total. The minimum absolute atomic E-state index is 0.00293. The Kier molecular flexibility index (Phi) is 5.23. The number of carbonyl (C=O) groups is 1. The highest BCUT2D eigenvalue weighted by molar-refractivity contribution is 7.92. The van der Waals surface area contributed by atoms with Gasteiger partial charge in [-0.3, -0.25) is 9.52 Å². The van der Waals surface area contributed by atoms with E-state index in [1.807, 2.05) is 12.3 Å². The first-order valence-corrected chi connectivity index (χ1v) is 10.2. The average Bonchev–Trinajstić information content (AvgIpc) is 3.22. The van der Waals surface area contributed by atoms with Crippen molar-refractivity contribution in [2.45, 2.75) is 25.4 Å². The highest BCUT2D eigenvalue weighted by atomic mass is 32.2. The lowest BCUT2D eigenvalue weighted by Gasteiger charge is -2.17. The minimum atomic E-state index is -3.35. The van der Waals surface area contributed by atoms with Gasteiger partial charge in [-0.2, -0.15) is 0 Å². The predicted octanol–water partition coefficient (Wildman–Crippen LogP) is 0.124. The highest BCUT2D eigenvalue weighted by Crippen LogP contribution is 2.22. The van der Waals surface area contributed by atoms with E-state index in [1.165, 1.54) is 0 Å². The third kappa shape index (κ3) is 4.58. The van der Waals surface area contributed by atoms with E-state index in [0.29, 0.717) is 25.3 Å². The van der Waals surface area contributed by atoms with Gasteiger partial charge in [0, 0.05) is 25.3 Å². The number of nitrogens with two attached hydrogens (primary N) is 1. The van der Waals surface area contributed by atoms with Gasteiger partial charge in [0.2, 0.25) is 15.9 Å². The number of anilines is 1. The molecule has 2 heterocycles. The van der Waals surface area contributed by atoms with Crippen LogP contribution in [-0.2, 0) is 27.8 Å². The van der Waals surface area contributed by atoms with Crippen LogP contribution in [0.1, 0.15) is 23.7 Å². The molecule has 0 aliphatic carbocycles. The largest absolute Gasteiger partial charge is 0.340 e. The molecule has 3 rings (SSSR count). The maximum absolute atomic E-state index is 12.6. The Hall–Kier alpha value is -2.46. The maximum Gasteiger partial charge on any atom is 0.229 e. The van der Waals surface area contributed by atoms with Crippen LogP contribution in [0.4, 0.5) is 5.69 Å². The molecule has 1 unspecified atom stereocenters. The molecule has 1 aromatic carbocycles. The minimum Gasteiger partial charge on any atom is -0.340 e. The van der Waals surface area contributed by atoms with Gasteiger partial charge in [0.15, 0.2) is 0 Å². The van der Waals surface area contributed by atoms with Crippen LogP contribution in [-0.4, -0.2) is 53.6 Å². The molecule has 0 saturated carbocycles. The van der Waals surface area contributed by atoms with E-state index >= 15 is 0 Å². The van der Waals surface area contributed by atoms with Crippen molar-refractivity contribution in [2.75, 3.05) is 24.1 Å². The number of amides is 1. The number of hydrogen-bond acceptors (Lipinski definition) is 6. The van der Waals surface area contributed by atoms with Crippen molar-refractivity contribution in [3.05, 3.63) is 41.7 Å². The van der Waals surface area contributed by atoms with E-state index in [0.717, 1.165) is 23.9 Å². The summed E-state index contributed by atoms with van der Waals surface area (Å²) < 4.78 is 26.8. The molecule has 26 heavy (non-hydrogen) atoms. The second kappa shape index (κ2) is 7.42. The zero-order valence-electron chi connectivity index (χ0n) is 14.5. The summed E-state index contributed by atoms with van der Waals surface area (Å²) in [4.78, 5) is 14.4. The van der Waals surface area contributed by atoms with Gasteiger partial charge in [0.1, 0.15) is 0 Å². The molecule has 1 amide bonds. The van der Waals surface area contributed by atoms with Crippen LogP contribution in [0.3, 0.4) is 0 Å². The molecule has 1 atom stereocenters. The monoisotopic (exact) mass is 378 g/mol. The number of sulfonamides is 1. The van der Waals surface area contributed by atoms with Crippen molar-refractivity contribution >= 4 is 21.6 Å². The van der Waals surface area contributed by atoms with E-state index in [-0.39, 0.29) is 18.4 Å². The van der Waals surface area contributed by atoms with Crippen LogP contribution in [0.15, 0.2) is 30.5 Å². The van der Waals surface area contributed by atoms with Gasteiger partial charge in [0.05, 0.1) is 30.6 Å². The number of nitrogens with one attached hydrogen (secondary N) is 1. The fraction of sp³-hybridized carbons (Fsp3) is 0.438. The molecule has 10 heteroatoms. The zero-order chi connectivity index (χ0) is 18.7. The Bertz CT molecular complexity index is 895. The fourth-order valence-corrected chi connectivity index (χ4v) is 3.57. The first kappa shape index (κ1) is 18.3. The van der Waals surface area contributed by atoms with Gasteiger partial charge in [-0.25, -0.2) is 13.1 Å². The number of carbonyl (C=O) groups excluding carboxylic acids is 1. The molecule has 1 saturated heterocycles. The standard InChI is InChI=1S/C16H22N6O3S/c1-26(24,25)19-13-4-2-3-12(7-13)8-16(23)21-6-5-15(11-21)22-10-14(9-17)18-20-22/h2-4,7,10,15,19H,5-6,8-9,11,17H2,1H3. The van der Waals surface area contributed by atoms with Crippen LogP contribution in [0.5, 0.6) is 0 Å². The molecule has 1 aliphatic rings. The van der Waals surface area contributed by atoms with Crippen molar-refractivity contribution < 1.29 is 13.2 Å². The lowest BCUT2D eigenvalue weighted by atomic mass is 10.1. The van der Waals surface area contributed by atoms with Crippen LogP contribution >= 0.6 is 0 Å². The number of aromatic nitrogens is 3. The SMILES string of the molecule is CS(=O)(=O)Nc1cccc(CC(=O)N2CCC(n3cc(CN)nn3)C2)c1. The number of likely N-dealkylation sites (tertiary alicyclic amines) is 1. The lowest BCUT2D eigenvalue weighted by molar-refractivity contribution is -0.129. The van der Waals surface area contributed by atoms with Crippen molar-refractivity contribution in [1.82, 2.24) is 19.9 Å². The number of rotatable bonds is 6. The van der Waals surface area contributed by atoms with Gasteiger partial charge >= 0.3 is 0 Å². The van der Waals surface area contributed by atoms with Crippen molar-refractivity contribution in [3.63, 3.8) is 0 Å². The highest BCUT2D eigenvalue weighted by Gasteiger charge is 2.28. The van der Waals surface area contributed by atoms with E-state index in [4.69, 9.17) is 5.73 Å². The third-order valence-electron chi connectivity index (χ3n) is 4.24. The smallest absolute Gasteiger partial charge is 0.229 e. The first-order chi connectivity index (χ1) is 12.3. The van der Waals surface area contributed by atoms with Gasteiger partial charge < -0.3 is 10.6 Å². The Labute approximate surface area is 152 Å². The molecular weight excluding hydrogens is 356 g/mol. The van der Waals surface area contributed by atoms with Crippen molar-refractivity contribution in [3.8, 4) is 0 Å². The summed E-state index contributed by atoms with van der Waals surface area (Å²) >= 11 is 0. The third-order valence-corrected chi connectivity index (χ3v) is 4.85. The summed E-state index contributed by atoms with van der Waals surface area (Å²) in [5.41, 5.74) is 7.49. The average molecular weight is 378 g/mol. The maximum atomic E-state index is 12.6. The summed E-state index contributed by atoms with van der Waals surface area (Å²) in [6, 6.07) is 6.97. The zero-order valence-corrected chi connectivity index (χ0v) is 15.3. The molecule has 9 nitrogen and oxygen atoms in total. The summed E-state index contributed by atoms with van der Waals surface area (Å²) in [6.45, 7) is 1.57. The van der Waals surface area contributed by atoms with E-state index in [2.05, 4.69) is 15.0 Å². The second-order valence-electron chi connectivity index (χ2n) is 6.43. The normalized spacial score (nSPS) is 17.5. The summed E-state index contributed by atoms with van der Waals surface area (Å²) in [6.07, 6.45) is 3.95. The molecular formula is C16H22N6O3S. The van der Waals surface area contributed by atoms with Gasteiger partial charge in [-0.1, -0.05) is 17.3 Å². The number of benzene rings is 1. The van der Waals surface area contributed by atoms with Crippen molar-refractivity contribution in [2.24, 2.45) is 5.73 Å². The molecule has 0 radical (unpaired) electrons. The van der Waals surface area contributed by atoms with Crippen molar-refractivity contribution in [1.29, 1.82) is 0 Å². The van der Waals surface area contributed by atoms with Gasteiger partial charge in [-0.05, 0) is 24.1 Å². The van der Waals surface area contributed by atoms with E-state index < -0.39 is 10.0 Å². The van der Waals surface area contributed by atoms with Crippen LogP contribution < -0.4 is 10.5 Å². The quantitative estimate of drug-likeness (QED) is 0.736.